The number of carbonyl (C=O) groups excluding carboxylic acids is 1. The smallest absolute Gasteiger partial charge is 0.319 e. The predicted molar refractivity (Wildman–Crippen MR) is 88.2 cm³/mol. The molecule has 1 saturated carbocycles. The molecule has 2 N–H and O–H groups in total. The molecule has 2 amide bonds. The highest BCUT2D eigenvalue weighted by atomic mass is 35.5. The lowest BCUT2D eigenvalue weighted by Gasteiger charge is -2.22. The van der Waals surface area contributed by atoms with Crippen molar-refractivity contribution >= 4 is 23.3 Å². The monoisotopic (exact) mass is 326 g/mol. The average Bonchev–Trinajstić information content (AvgIpc) is 2.55. The lowest BCUT2D eigenvalue weighted by Crippen LogP contribution is -2.33. The number of anilines is 1. The van der Waals surface area contributed by atoms with Crippen molar-refractivity contribution in [3.05, 3.63) is 17.2 Å². The summed E-state index contributed by atoms with van der Waals surface area (Å²) in [6, 6.07) is 3.03. The van der Waals surface area contributed by atoms with Gasteiger partial charge >= 0.3 is 6.03 Å². The van der Waals surface area contributed by atoms with E-state index in [1.54, 1.807) is 12.1 Å². The molecule has 6 heteroatoms. The molecular weight excluding hydrogens is 304 g/mol. The number of halogens is 1. The Morgan fingerprint density at radius 1 is 1.18 bits per heavy atom. The second-order valence-corrected chi connectivity index (χ2v) is 5.93. The first-order valence-corrected chi connectivity index (χ1v) is 7.98. The zero-order valence-corrected chi connectivity index (χ0v) is 13.8. The quantitative estimate of drug-likeness (QED) is 0.857. The zero-order chi connectivity index (χ0) is 15.9. The van der Waals surface area contributed by atoms with Crippen LogP contribution in [0.25, 0.3) is 0 Å². The highest BCUT2D eigenvalue weighted by Gasteiger charge is 2.16. The third-order valence-corrected chi connectivity index (χ3v) is 4.29. The molecule has 1 aliphatic carbocycles. The lowest BCUT2D eigenvalue weighted by atomic mass is 9.89. The number of rotatable bonds is 5. The molecule has 5 nitrogen and oxygen atoms in total. The minimum Gasteiger partial charge on any atom is -0.495 e. The van der Waals surface area contributed by atoms with E-state index in [1.807, 2.05) is 0 Å². The van der Waals surface area contributed by atoms with Gasteiger partial charge in [-0.05, 0) is 18.8 Å². The van der Waals surface area contributed by atoms with Crippen LogP contribution in [0.2, 0.25) is 5.02 Å². The van der Waals surface area contributed by atoms with Crippen LogP contribution in [0.1, 0.15) is 32.1 Å². The third kappa shape index (κ3) is 4.44. The van der Waals surface area contributed by atoms with Crippen LogP contribution in [0.15, 0.2) is 12.1 Å². The minimum atomic E-state index is -0.242. The van der Waals surface area contributed by atoms with Crippen molar-refractivity contribution in [1.82, 2.24) is 5.32 Å². The molecule has 0 heterocycles. The molecule has 0 aromatic heterocycles. The molecule has 0 aliphatic heterocycles. The van der Waals surface area contributed by atoms with E-state index >= 15 is 0 Å². The van der Waals surface area contributed by atoms with Crippen LogP contribution >= 0.6 is 11.6 Å². The van der Waals surface area contributed by atoms with Crippen LogP contribution in [-0.2, 0) is 0 Å². The molecule has 122 valence electrons. The van der Waals surface area contributed by atoms with Gasteiger partial charge in [-0.1, -0.05) is 30.9 Å². The van der Waals surface area contributed by atoms with E-state index in [9.17, 15) is 4.79 Å². The van der Waals surface area contributed by atoms with Gasteiger partial charge in [0.05, 0.1) is 24.9 Å². The molecule has 0 atom stereocenters. The zero-order valence-electron chi connectivity index (χ0n) is 13.1. The second-order valence-electron chi connectivity index (χ2n) is 5.53. The van der Waals surface area contributed by atoms with Crippen LogP contribution in [0, 0.1) is 5.92 Å². The van der Waals surface area contributed by atoms with E-state index < -0.39 is 0 Å². The van der Waals surface area contributed by atoms with Crippen molar-refractivity contribution < 1.29 is 14.3 Å². The maximum Gasteiger partial charge on any atom is 0.319 e. The molecule has 0 bridgehead atoms. The molecule has 0 radical (unpaired) electrons. The van der Waals surface area contributed by atoms with E-state index in [1.165, 1.54) is 46.3 Å². The minimum absolute atomic E-state index is 0.242. The van der Waals surface area contributed by atoms with Crippen molar-refractivity contribution in [2.45, 2.75) is 32.1 Å². The summed E-state index contributed by atoms with van der Waals surface area (Å²) in [5.41, 5.74) is 0.532. The second kappa shape index (κ2) is 8.13. The van der Waals surface area contributed by atoms with Crippen molar-refractivity contribution in [3.63, 3.8) is 0 Å². The topological polar surface area (TPSA) is 59.6 Å². The number of urea groups is 1. The maximum absolute atomic E-state index is 12.1. The summed E-state index contributed by atoms with van der Waals surface area (Å²) in [7, 11) is 3.06. The van der Waals surface area contributed by atoms with Gasteiger partial charge in [-0.3, -0.25) is 0 Å². The molecular formula is C16H23ClN2O3. The van der Waals surface area contributed by atoms with Crippen molar-refractivity contribution in [3.8, 4) is 11.5 Å². The normalized spacial score (nSPS) is 15.2. The van der Waals surface area contributed by atoms with Crippen LogP contribution in [0.3, 0.4) is 0 Å². The molecule has 0 saturated heterocycles. The predicted octanol–water partition coefficient (Wildman–Crippen LogP) is 4.06. The standard InChI is InChI=1S/C16H23ClN2O3/c1-21-14-9-13(15(22-2)8-12(14)17)19-16(20)18-10-11-6-4-3-5-7-11/h8-9,11H,3-7,10H2,1-2H3,(H2,18,19,20). The Morgan fingerprint density at radius 2 is 1.86 bits per heavy atom. The Kier molecular flexibility index (Phi) is 6.19. The first-order chi connectivity index (χ1) is 10.6. The largest absolute Gasteiger partial charge is 0.495 e. The summed E-state index contributed by atoms with van der Waals surface area (Å²) < 4.78 is 10.4. The number of nitrogens with one attached hydrogen (secondary N) is 2. The van der Waals surface area contributed by atoms with Crippen LogP contribution < -0.4 is 20.1 Å². The molecule has 22 heavy (non-hydrogen) atoms. The number of methoxy groups -OCH3 is 2. The van der Waals surface area contributed by atoms with Crippen molar-refractivity contribution in [2.24, 2.45) is 5.92 Å². The summed E-state index contributed by atoms with van der Waals surface area (Å²) in [5, 5.41) is 6.15. The average molecular weight is 327 g/mol. The number of carbonyl (C=O) groups is 1. The van der Waals surface area contributed by atoms with Gasteiger partial charge in [-0.15, -0.1) is 0 Å². The van der Waals surface area contributed by atoms with Gasteiger partial charge in [-0.25, -0.2) is 4.79 Å². The van der Waals surface area contributed by atoms with Gasteiger partial charge in [-0.2, -0.15) is 0 Å². The Bertz CT molecular complexity index is 516. The highest BCUT2D eigenvalue weighted by molar-refractivity contribution is 6.32. The van der Waals surface area contributed by atoms with E-state index in [-0.39, 0.29) is 6.03 Å². The third-order valence-electron chi connectivity index (χ3n) is 4.00. The molecule has 1 aliphatic rings. The molecule has 2 rings (SSSR count). The molecule has 0 spiro atoms. The fraction of sp³-hybridized carbons (Fsp3) is 0.562. The maximum atomic E-state index is 12.1. The van der Waals surface area contributed by atoms with Gasteiger partial charge in [0.15, 0.2) is 0 Å². The van der Waals surface area contributed by atoms with E-state index in [0.717, 1.165) is 0 Å². The Balaban J connectivity index is 1.95. The molecule has 0 unspecified atom stereocenters. The van der Waals surface area contributed by atoms with Crippen molar-refractivity contribution in [2.75, 3.05) is 26.1 Å². The van der Waals surface area contributed by atoms with Gasteiger partial charge in [0.2, 0.25) is 0 Å². The van der Waals surface area contributed by atoms with Crippen LogP contribution in [-0.4, -0.2) is 26.8 Å². The molecule has 1 aromatic rings. The molecule has 1 fully saturated rings. The summed E-state index contributed by atoms with van der Waals surface area (Å²) in [4.78, 5) is 12.1. The van der Waals surface area contributed by atoms with Gasteiger partial charge in [0.25, 0.3) is 0 Å². The van der Waals surface area contributed by atoms with Gasteiger partial charge in [0.1, 0.15) is 11.5 Å². The van der Waals surface area contributed by atoms with Crippen molar-refractivity contribution in [1.29, 1.82) is 0 Å². The van der Waals surface area contributed by atoms with E-state index in [0.29, 0.717) is 34.7 Å². The SMILES string of the molecule is COc1cc(NC(=O)NCC2CCCCC2)c(OC)cc1Cl. The van der Waals surface area contributed by atoms with E-state index in [2.05, 4.69) is 10.6 Å². The Labute approximate surface area is 136 Å². The Morgan fingerprint density at radius 3 is 2.50 bits per heavy atom. The van der Waals surface area contributed by atoms with Gasteiger partial charge in [0, 0.05) is 18.7 Å². The number of benzene rings is 1. The van der Waals surface area contributed by atoms with Gasteiger partial charge < -0.3 is 20.1 Å². The number of ether oxygens (including phenoxy) is 2. The summed E-state index contributed by atoms with van der Waals surface area (Å²) in [6.45, 7) is 0.707. The van der Waals surface area contributed by atoms with Crippen LogP contribution in [0.5, 0.6) is 11.5 Å². The lowest BCUT2D eigenvalue weighted by molar-refractivity contribution is 0.247. The van der Waals surface area contributed by atoms with Crippen LogP contribution in [0.4, 0.5) is 10.5 Å². The summed E-state index contributed by atoms with van der Waals surface area (Å²) >= 11 is 6.05. The summed E-state index contributed by atoms with van der Waals surface area (Å²) in [5.74, 6) is 1.57. The number of hydrogen-bond donors (Lipinski definition) is 2. The first kappa shape index (κ1) is 16.7. The fourth-order valence-electron chi connectivity index (χ4n) is 2.75. The number of amides is 2. The fourth-order valence-corrected chi connectivity index (χ4v) is 2.98. The summed E-state index contributed by atoms with van der Waals surface area (Å²) in [6.07, 6.45) is 6.22. The Hall–Kier alpha value is -1.62. The molecule has 1 aromatic carbocycles. The number of hydrogen-bond acceptors (Lipinski definition) is 3. The highest BCUT2D eigenvalue weighted by Crippen LogP contribution is 2.35. The first-order valence-electron chi connectivity index (χ1n) is 7.60. The van der Waals surface area contributed by atoms with E-state index in [4.69, 9.17) is 21.1 Å².